The predicted molar refractivity (Wildman–Crippen MR) is 106 cm³/mol. The standard InChI is InChI=1S/C23H29NO4/c1-23-12-11-17-16-6-4-15(24-21(26)9-10-22(27)28-2)13-14(16)3-5-18(17)19(23)7-8-20(23)25/h4,6,13,17-19H,3,5,7-12H2,1-2H3,(H,24,26)/t17-,18-,19+,23+/m1/s1. The Balaban J connectivity index is 1.47. The second kappa shape index (κ2) is 7.34. The van der Waals surface area contributed by atoms with Gasteiger partial charge in [-0.15, -0.1) is 0 Å². The van der Waals surface area contributed by atoms with Crippen LogP contribution >= 0.6 is 0 Å². The fraction of sp³-hybridized carbons (Fsp3) is 0.609. The molecule has 0 aromatic heterocycles. The Morgan fingerprint density at radius 3 is 2.79 bits per heavy atom. The summed E-state index contributed by atoms with van der Waals surface area (Å²) >= 11 is 0. The minimum Gasteiger partial charge on any atom is -0.469 e. The highest BCUT2D eigenvalue weighted by Gasteiger charge is 2.54. The van der Waals surface area contributed by atoms with Crippen molar-refractivity contribution in [1.29, 1.82) is 0 Å². The number of carbonyl (C=O) groups excluding carboxylic acids is 3. The minimum atomic E-state index is -0.374. The SMILES string of the molecule is COC(=O)CCC(=O)Nc1ccc2c(c1)CC[C@@H]1[C@@H]2CC[C@]2(C)C(=O)CC[C@@H]12. The lowest BCUT2D eigenvalue weighted by Crippen LogP contribution is -2.42. The first-order valence-electron chi connectivity index (χ1n) is 10.4. The van der Waals surface area contributed by atoms with Crippen LogP contribution in [0.25, 0.3) is 0 Å². The van der Waals surface area contributed by atoms with Gasteiger partial charge in [0.15, 0.2) is 0 Å². The number of benzene rings is 1. The van der Waals surface area contributed by atoms with Gasteiger partial charge in [0.2, 0.25) is 5.91 Å². The lowest BCUT2D eigenvalue weighted by atomic mass is 9.55. The second-order valence-electron chi connectivity index (χ2n) is 8.87. The summed E-state index contributed by atoms with van der Waals surface area (Å²) in [5.41, 5.74) is 3.43. The van der Waals surface area contributed by atoms with E-state index in [1.54, 1.807) is 0 Å². The van der Waals surface area contributed by atoms with Crippen LogP contribution in [-0.2, 0) is 25.5 Å². The van der Waals surface area contributed by atoms with Crippen LogP contribution in [0.3, 0.4) is 0 Å². The van der Waals surface area contributed by atoms with Gasteiger partial charge in [-0.25, -0.2) is 0 Å². The average Bonchev–Trinajstić information content (AvgIpc) is 3.00. The number of amides is 1. The van der Waals surface area contributed by atoms with E-state index in [9.17, 15) is 14.4 Å². The van der Waals surface area contributed by atoms with E-state index in [0.29, 0.717) is 23.5 Å². The van der Waals surface area contributed by atoms with E-state index in [1.807, 2.05) is 6.07 Å². The van der Waals surface area contributed by atoms with Crippen molar-refractivity contribution in [3.63, 3.8) is 0 Å². The van der Waals surface area contributed by atoms with Crippen molar-refractivity contribution < 1.29 is 19.1 Å². The molecule has 4 atom stereocenters. The largest absolute Gasteiger partial charge is 0.469 e. The van der Waals surface area contributed by atoms with Gasteiger partial charge < -0.3 is 10.1 Å². The van der Waals surface area contributed by atoms with E-state index >= 15 is 0 Å². The number of ether oxygens (including phenoxy) is 1. The second-order valence-corrected chi connectivity index (χ2v) is 8.87. The zero-order valence-corrected chi connectivity index (χ0v) is 16.8. The van der Waals surface area contributed by atoms with Gasteiger partial charge in [-0.05, 0) is 73.1 Å². The van der Waals surface area contributed by atoms with Gasteiger partial charge >= 0.3 is 5.97 Å². The summed E-state index contributed by atoms with van der Waals surface area (Å²) in [6.07, 6.45) is 6.26. The number of rotatable bonds is 4. The molecule has 150 valence electrons. The van der Waals surface area contributed by atoms with Gasteiger partial charge in [0.1, 0.15) is 5.78 Å². The Bertz CT molecular complexity index is 817. The van der Waals surface area contributed by atoms with Crippen molar-refractivity contribution in [3.8, 4) is 0 Å². The van der Waals surface area contributed by atoms with E-state index in [4.69, 9.17) is 0 Å². The molecule has 0 unspecified atom stereocenters. The normalized spacial score (nSPS) is 30.8. The highest BCUT2D eigenvalue weighted by molar-refractivity contribution is 5.92. The monoisotopic (exact) mass is 383 g/mol. The average molecular weight is 383 g/mol. The summed E-state index contributed by atoms with van der Waals surface area (Å²) in [4.78, 5) is 35.7. The molecular weight excluding hydrogens is 354 g/mol. The fourth-order valence-electron chi connectivity index (χ4n) is 5.97. The predicted octanol–water partition coefficient (Wildman–Crippen LogP) is 4.00. The maximum Gasteiger partial charge on any atom is 0.306 e. The summed E-state index contributed by atoms with van der Waals surface area (Å²) in [6.45, 7) is 2.20. The summed E-state index contributed by atoms with van der Waals surface area (Å²) < 4.78 is 4.58. The molecule has 0 heterocycles. The zero-order chi connectivity index (χ0) is 19.9. The number of ketones is 1. The number of Topliss-reactive ketones (excluding diaryl/α,β-unsaturated/α-hetero) is 1. The number of carbonyl (C=O) groups is 3. The Morgan fingerprint density at radius 2 is 2.00 bits per heavy atom. The summed E-state index contributed by atoms with van der Waals surface area (Å²) in [5, 5.41) is 2.90. The van der Waals surface area contributed by atoms with Crippen LogP contribution < -0.4 is 5.32 Å². The number of nitrogens with one attached hydrogen (secondary N) is 1. The molecule has 2 fully saturated rings. The number of hydrogen-bond donors (Lipinski definition) is 1. The van der Waals surface area contributed by atoms with E-state index in [0.717, 1.165) is 44.2 Å². The molecule has 0 saturated heterocycles. The molecule has 0 aliphatic heterocycles. The Labute approximate surface area is 166 Å². The van der Waals surface area contributed by atoms with Crippen LogP contribution in [0.2, 0.25) is 0 Å². The van der Waals surface area contributed by atoms with E-state index in [2.05, 4.69) is 29.1 Å². The molecule has 1 amide bonds. The van der Waals surface area contributed by atoms with Crippen LogP contribution in [0.1, 0.15) is 68.9 Å². The molecule has 5 heteroatoms. The number of hydrogen-bond acceptors (Lipinski definition) is 4. The summed E-state index contributed by atoms with van der Waals surface area (Å²) in [6, 6.07) is 6.24. The Morgan fingerprint density at radius 1 is 1.18 bits per heavy atom. The summed E-state index contributed by atoms with van der Waals surface area (Å²) in [7, 11) is 1.33. The number of esters is 1. The first-order chi connectivity index (χ1) is 13.4. The molecule has 0 spiro atoms. The van der Waals surface area contributed by atoms with Crippen LogP contribution in [-0.4, -0.2) is 24.8 Å². The Hall–Kier alpha value is -2.17. The van der Waals surface area contributed by atoms with Crippen LogP contribution in [0, 0.1) is 17.3 Å². The van der Waals surface area contributed by atoms with Gasteiger partial charge in [0.05, 0.1) is 13.5 Å². The first-order valence-corrected chi connectivity index (χ1v) is 10.4. The van der Waals surface area contributed by atoms with Gasteiger partial charge in [-0.3, -0.25) is 14.4 Å². The highest BCUT2D eigenvalue weighted by Crippen LogP contribution is 2.59. The summed E-state index contributed by atoms with van der Waals surface area (Å²) in [5.74, 6) is 1.62. The Kier molecular flexibility index (Phi) is 5.02. The molecular formula is C23H29NO4. The quantitative estimate of drug-likeness (QED) is 0.798. The smallest absolute Gasteiger partial charge is 0.306 e. The van der Waals surface area contributed by atoms with Crippen molar-refractivity contribution >= 4 is 23.3 Å². The maximum absolute atomic E-state index is 12.4. The third-order valence-electron chi connectivity index (χ3n) is 7.50. The third-order valence-corrected chi connectivity index (χ3v) is 7.50. The van der Waals surface area contributed by atoms with E-state index in [-0.39, 0.29) is 30.1 Å². The molecule has 28 heavy (non-hydrogen) atoms. The van der Waals surface area contributed by atoms with Crippen molar-refractivity contribution in [1.82, 2.24) is 0 Å². The molecule has 3 aliphatic carbocycles. The van der Waals surface area contributed by atoms with Crippen LogP contribution in [0.5, 0.6) is 0 Å². The molecule has 0 bridgehead atoms. The molecule has 1 aromatic rings. The van der Waals surface area contributed by atoms with Crippen LogP contribution in [0.4, 0.5) is 5.69 Å². The van der Waals surface area contributed by atoms with E-state index < -0.39 is 0 Å². The maximum atomic E-state index is 12.4. The minimum absolute atomic E-state index is 0.0910. The van der Waals surface area contributed by atoms with Gasteiger partial charge in [0.25, 0.3) is 0 Å². The number of aryl methyl sites for hydroxylation is 1. The molecule has 4 rings (SSSR count). The van der Waals surface area contributed by atoms with Crippen molar-refractivity contribution in [3.05, 3.63) is 29.3 Å². The topological polar surface area (TPSA) is 72.5 Å². The number of fused-ring (bicyclic) bond motifs is 5. The third kappa shape index (κ3) is 3.25. The van der Waals surface area contributed by atoms with E-state index in [1.165, 1.54) is 18.2 Å². The lowest BCUT2D eigenvalue weighted by molar-refractivity contribution is -0.141. The number of anilines is 1. The van der Waals surface area contributed by atoms with Crippen molar-refractivity contribution in [2.45, 2.75) is 64.2 Å². The van der Waals surface area contributed by atoms with Crippen molar-refractivity contribution in [2.75, 3.05) is 12.4 Å². The number of methoxy groups -OCH3 is 1. The fourth-order valence-corrected chi connectivity index (χ4v) is 5.97. The molecule has 2 saturated carbocycles. The van der Waals surface area contributed by atoms with Gasteiger partial charge in [0, 0.05) is 23.9 Å². The van der Waals surface area contributed by atoms with Gasteiger partial charge in [-0.1, -0.05) is 13.0 Å². The lowest BCUT2D eigenvalue weighted by Gasteiger charge is -2.48. The van der Waals surface area contributed by atoms with Crippen molar-refractivity contribution in [2.24, 2.45) is 17.3 Å². The molecule has 1 aromatic carbocycles. The molecule has 5 nitrogen and oxygen atoms in total. The first kappa shape index (κ1) is 19.2. The zero-order valence-electron chi connectivity index (χ0n) is 16.8. The van der Waals surface area contributed by atoms with Gasteiger partial charge in [-0.2, -0.15) is 0 Å². The molecule has 0 radical (unpaired) electrons. The molecule has 1 N–H and O–H groups in total. The molecule has 3 aliphatic rings. The van der Waals surface area contributed by atoms with Crippen LogP contribution in [0.15, 0.2) is 18.2 Å². The highest BCUT2D eigenvalue weighted by atomic mass is 16.5.